The van der Waals surface area contributed by atoms with Crippen molar-refractivity contribution in [1.29, 1.82) is 0 Å². The molecule has 0 saturated carbocycles. The largest absolute Gasteiger partial charge is 0.396 e. The summed E-state index contributed by atoms with van der Waals surface area (Å²) in [6.07, 6.45) is 6.08. The fourth-order valence-corrected chi connectivity index (χ4v) is 1.35. The third kappa shape index (κ3) is 9.72. The second kappa shape index (κ2) is 10.7. The standard InChI is InChI=1S/C8H10.C7H16O/c1-7-3-5-8(2)6-4-7;1-2-3-4-5-6-7-8/h3-6H,1-2H3;8H,2-7H2,1H3. The monoisotopic (exact) mass is 222 g/mol. The van der Waals surface area contributed by atoms with Crippen LogP contribution in [0.3, 0.4) is 0 Å². The molecule has 16 heavy (non-hydrogen) atoms. The number of hydrogen-bond donors (Lipinski definition) is 1. The molecule has 0 saturated heterocycles. The van der Waals surface area contributed by atoms with Crippen molar-refractivity contribution in [3.63, 3.8) is 0 Å². The molecule has 1 rings (SSSR count). The van der Waals surface area contributed by atoms with E-state index in [0.717, 1.165) is 6.42 Å². The average molecular weight is 222 g/mol. The summed E-state index contributed by atoms with van der Waals surface area (Å²) in [5, 5.41) is 8.37. The highest BCUT2D eigenvalue weighted by Gasteiger charge is 1.84. The Morgan fingerprint density at radius 1 is 0.812 bits per heavy atom. The van der Waals surface area contributed by atoms with E-state index in [1.165, 1.54) is 36.8 Å². The quantitative estimate of drug-likeness (QED) is 0.738. The van der Waals surface area contributed by atoms with Gasteiger partial charge in [-0.25, -0.2) is 0 Å². The lowest BCUT2D eigenvalue weighted by atomic mass is 10.2. The van der Waals surface area contributed by atoms with Gasteiger partial charge in [0.1, 0.15) is 0 Å². The normalized spacial score (nSPS) is 9.50. The topological polar surface area (TPSA) is 20.2 Å². The molecule has 1 aromatic carbocycles. The molecule has 1 heteroatoms. The molecule has 1 nitrogen and oxygen atoms in total. The van der Waals surface area contributed by atoms with Crippen molar-refractivity contribution in [2.24, 2.45) is 0 Å². The number of rotatable bonds is 5. The lowest BCUT2D eigenvalue weighted by molar-refractivity contribution is 0.282. The minimum atomic E-state index is 0.365. The molecule has 0 fully saturated rings. The van der Waals surface area contributed by atoms with Gasteiger partial charge in [-0.1, -0.05) is 68.0 Å². The van der Waals surface area contributed by atoms with E-state index in [0.29, 0.717) is 6.61 Å². The minimum Gasteiger partial charge on any atom is -0.396 e. The highest BCUT2D eigenvalue weighted by atomic mass is 16.2. The van der Waals surface area contributed by atoms with Crippen molar-refractivity contribution in [3.05, 3.63) is 35.4 Å². The van der Waals surface area contributed by atoms with Crippen LogP contribution in [0.4, 0.5) is 0 Å². The van der Waals surface area contributed by atoms with Crippen LogP contribution >= 0.6 is 0 Å². The van der Waals surface area contributed by atoms with E-state index in [1.54, 1.807) is 0 Å². The van der Waals surface area contributed by atoms with Crippen molar-refractivity contribution in [3.8, 4) is 0 Å². The van der Waals surface area contributed by atoms with Crippen LogP contribution in [0.25, 0.3) is 0 Å². The van der Waals surface area contributed by atoms with Gasteiger partial charge < -0.3 is 5.11 Å². The Morgan fingerprint density at radius 3 is 1.62 bits per heavy atom. The molecular formula is C15H26O. The lowest BCUT2D eigenvalue weighted by Gasteiger charge is -1.93. The maximum Gasteiger partial charge on any atom is 0.0431 e. The summed E-state index contributed by atoms with van der Waals surface area (Å²) in [4.78, 5) is 0. The van der Waals surface area contributed by atoms with Crippen molar-refractivity contribution in [2.45, 2.75) is 52.9 Å². The van der Waals surface area contributed by atoms with Gasteiger partial charge >= 0.3 is 0 Å². The van der Waals surface area contributed by atoms with E-state index in [9.17, 15) is 0 Å². The maximum atomic E-state index is 8.37. The molecule has 0 aliphatic rings. The van der Waals surface area contributed by atoms with E-state index < -0.39 is 0 Å². The number of hydrogen-bond acceptors (Lipinski definition) is 1. The summed E-state index contributed by atoms with van der Waals surface area (Å²) < 4.78 is 0. The van der Waals surface area contributed by atoms with Crippen LogP contribution in [0.5, 0.6) is 0 Å². The number of benzene rings is 1. The van der Waals surface area contributed by atoms with Gasteiger partial charge in [0.15, 0.2) is 0 Å². The van der Waals surface area contributed by atoms with Crippen molar-refractivity contribution in [2.75, 3.05) is 6.61 Å². The molecule has 0 aliphatic heterocycles. The third-order valence-corrected chi connectivity index (χ3v) is 2.48. The van der Waals surface area contributed by atoms with Crippen LogP contribution in [0.15, 0.2) is 24.3 Å². The Labute approximate surface area is 101 Å². The fraction of sp³-hybridized carbons (Fsp3) is 0.600. The van der Waals surface area contributed by atoms with E-state index in [-0.39, 0.29) is 0 Å². The molecule has 0 spiro atoms. The van der Waals surface area contributed by atoms with Gasteiger partial charge in [-0.15, -0.1) is 0 Å². The summed E-state index contributed by atoms with van der Waals surface area (Å²) in [6.45, 7) is 6.75. The summed E-state index contributed by atoms with van der Waals surface area (Å²) in [7, 11) is 0. The zero-order chi connectivity index (χ0) is 12.2. The van der Waals surface area contributed by atoms with Gasteiger partial charge in [0.25, 0.3) is 0 Å². The predicted octanol–water partition coefficient (Wildman–Crippen LogP) is 4.25. The van der Waals surface area contributed by atoms with Crippen LogP contribution < -0.4 is 0 Å². The van der Waals surface area contributed by atoms with E-state index >= 15 is 0 Å². The van der Waals surface area contributed by atoms with Crippen LogP contribution in [0.1, 0.15) is 50.2 Å². The molecule has 0 atom stereocenters. The summed E-state index contributed by atoms with van der Waals surface area (Å²) in [5.41, 5.74) is 2.66. The van der Waals surface area contributed by atoms with Crippen LogP contribution in [-0.4, -0.2) is 11.7 Å². The van der Waals surface area contributed by atoms with Crippen LogP contribution in [-0.2, 0) is 0 Å². The number of unbranched alkanes of at least 4 members (excludes halogenated alkanes) is 4. The smallest absolute Gasteiger partial charge is 0.0431 e. The Hall–Kier alpha value is -0.820. The number of aryl methyl sites for hydroxylation is 2. The molecule has 0 radical (unpaired) electrons. The second-order valence-corrected chi connectivity index (χ2v) is 4.29. The molecule has 0 amide bonds. The molecule has 0 aromatic heterocycles. The SMILES string of the molecule is CCCCCCCO.Cc1ccc(C)cc1. The van der Waals surface area contributed by atoms with Gasteiger partial charge in [0.05, 0.1) is 0 Å². The number of aliphatic hydroxyl groups is 1. The Balaban J connectivity index is 0.000000281. The molecule has 0 unspecified atom stereocenters. The van der Waals surface area contributed by atoms with Crippen LogP contribution in [0, 0.1) is 13.8 Å². The van der Waals surface area contributed by atoms with Gasteiger partial charge in [-0.05, 0) is 20.3 Å². The van der Waals surface area contributed by atoms with Gasteiger partial charge in [0.2, 0.25) is 0 Å². The molecule has 1 N–H and O–H groups in total. The van der Waals surface area contributed by atoms with E-state index in [2.05, 4.69) is 45.0 Å². The highest BCUT2D eigenvalue weighted by molar-refractivity contribution is 5.19. The maximum absolute atomic E-state index is 8.37. The van der Waals surface area contributed by atoms with Crippen LogP contribution in [0.2, 0.25) is 0 Å². The zero-order valence-electron chi connectivity index (χ0n) is 11.0. The average Bonchev–Trinajstić information content (AvgIpc) is 2.30. The zero-order valence-corrected chi connectivity index (χ0v) is 11.0. The number of aliphatic hydroxyl groups excluding tert-OH is 1. The molecule has 0 bridgehead atoms. The Bertz CT molecular complexity index is 211. The fourth-order valence-electron chi connectivity index (χ4n) is 1.35. The summed E-state index contributed by atoms with van der Waals surface area (Å²) >= 11 is 0. The lowest BCUT2D eigenvalue weighted by Crippen LogP contribution is -1.81. The van der Waals surface area contributed by atoms with Crippen molar-refractivity contribution >= 4 is 0 Å². The molecular weight excluding hydrogens is 196 g/mol. The summed E-state index contributed by atoms with van der Waals surface area (Å²) in [6, 6.07) is 8.48. The summed E-state index contributed by atoms with van der Waals surface area (Å²) in [5.74, 6) is 0. The first-order valence-corrected chi connectivity index (χ1v) is 6.34. The Morgan fingerprint density at radius 2 is 1.25 bits per heavy atom. The predicted molar refractivity (Wildman–Crippen MR) is 71.8 cm³/mol. The molecule has 92 valence electrons. The highest BCUT2D eigenvalue weighted by Crippen LogP contribution is 2.00. The minimum absolute atomic E-state index is 0.365. The molecule has 0 heterocycles. The van der Waals surface area contributed by atoms with Gasteiger partial charge in [-0.2, -0.15) is 0 Å². The second-order valence-electron chi connectivity index (χ2n) is 4.29. The first-order chi connectivity index (χ1) is 7.70. The van der Waals surface area contributed by atoms with E-state index in [4.69, 9.17) is 5.11 Å². The van der Waals surface area contributed by atoms with Crippen molar-refractivity contribution < 1.29 is 5.11 Å². The molecule has 0 aliphatic carbocycles. The Kier molecular flexibility index (Phi) is 10.1. The first-order valence-electron chi connectivity index (χ1n) is 6.34. The first kappa shape index (κ1) is 15.2. The van der Waals surface area contributed by atoms with Gasteiger partial charge in [-0.3, -0.25) is 0 Å². The molecule has 1 aromatic rings. The van der Waals surface area contributed by atoms with E-state index in [1.807, 2.05) is 0 Å². The van der Waals surface area contributed by atoms with Gasteiger partial charge in [0, 0.05) is 6.61 Å². The van der Waals surface area contributed by atoms with Crippen molar-refractivity contribution in [1.82, 2.24) is 0 Å². The third-order valence-electron chi connectivity index (χ3n) is 2.48.